The first-order valence-corrected chi connectivity index (χ1v) is 8.71. The Morgan fingerprint density at radius 3 is 2.62 bits per heavy atom. The highest BCUT2D eigenvalue weighted by Gasteiger charge is 2.30. The van der Waals surface area contributed by atoms with Crippen molar-refractivity contribution in [2.45, 2.75) is 12.8 Å². The summed E-state index contributed by atoms with van der Waals surface area (Å²) in [6.07, 6.45) is 2.61. The number of piperidine rings is 1. The van der Waals surface area contributed by atoms with Crippen molar-refractivity contribution in [3.8, 4) is 5.75 Å². The lowest BCUT2D eigenvalue weighted by Gasteiger charge is -2.30. The number of carbonyl (C=O) groups is 2. The van der Waals surface area contributed by atoms with Gasteiger partial charge >= 0.3 is 5.97 Å². The average Bonchev–Trinajstić information content (AvgIpc) is 3.11. The summed E-state index contributed by atoms with van der Waals surface area (Å²) in [6, 6.07) is 8.32. The molecule has 1 aliphatic heterocycles. The van der Waals surface area contributed by atoms with Crippen molar-refractivity contribution >= 4 is 39.4 Å². The second kappa shape index (κ2) is 7.40. The average molecular weight is 413 g/mol. The van der Waals surface area contributed by atoms with E-state index in [2.05, 4.69) is 15.9 Å². The number of hydrogen-bond acceptors (Lipinski definition) is 4. The van der Waals surface area contributed by atoms with Crippen LogP contribution in [0.3, 0.4) is 0 Å². The fourth-order valence-corrected chi connectivity index (χ4v) is 3.39. The van der Waals surface area contributed by atoms with Gasteiger partial charge in [0.15, 0.2) is 5.76 Å². The SMILES string of the molecule is O=C(Oc1ccc(Cl)cc1Br)C1CCN(C(=O)c2ccco2)CC1. The molecule has 126 valence electrons. The highest BCUT2D eigenvalue weighted by molar-refractivity contribution is 9.10. The maximum absolute atomic E-state index is 12.3. The molecule has 0 saturated carbocycles. The predicted molar refractivity (Wildman–Crippen MR) is 92.1 cm³/mol. The molecule has 0 aliphatic carbocycles. The summed E-state index contributed by atoms with van der Waals surface area (Å²) in [7, 11) is 0. The Balaban J connectivity index is 1.56. The first-order valence-electron chi connectivity index (χ1n) is 7.54. The second-order valence-electron chi connectivity index (χ2n) is 5.54. The van der Waals surface area contributed by atoms with Gasteiger partial charge in [-0.1, -0.05) is 11.6 Å². The lowest BCUT2D eigenvalue weighted by atomic mass is 9.97. The maximum Gasteiger partial charge on any atom is 0.314 e. The van der Waals surface area contributed by atoms with Crippen molar-refractivity contribution in [1.29, 1.82) is 0 Å². The normalized spacial score (nSPS) is 15.3. The van der Waals surface area contributed by atoms with Crippen molar-refractivity contribution in [2.24, 2.45) is 5.92 Å². The smallest absolute Gasteiger partial charge is 0.314 e. The molecule has 1 saturated heterocycles. The van der Waals surface area contributed by atoms with Gasteiger partial charge in [-0.25, -0.2) is 0 Å². The molecular formula is C17H15BrClNO4. The van der Waals surface area contributed by atoms with Crippen LogP contribution in [0.2, 0.25) is 5.02 Å². The number of ether oxygens (including phenoxy) is 1. The van der Waals surface area contributed by atoms with E-state index in [1.165, 1.54) is 6.26 Å². The summed E-state index contributed by atoms with van der Waals surface area (Å²) < 4.78 is 11.2. The number of amides is 1. The molecule has 0 atom stereocenters. The van der Waals surface area contributed by atoms with Gasteiger partial charge in [-0.15, -0.1) is 0 Å². The van der Waals surface area contributed by atoms with Crippen LogP contribution < -0.4 is 4.74 Å². The quantitative estimate of drug-likeness (QED) is 0.561. The summed E-state index contributed by atoms with van der Waals surface area (Å²) in [6.45, 7) is 1.00. The van der Waals surface area contributed by atoms with E-state index in [-0.39, 0.29) is 17.8 Å². The molecule has 1 aliphatic rings. The lowest BCUT2D eigenvalue weighted by Crippen LogP contribution is -2.41. The molecule has 1 aromatic carbocycles. The van der Waals surface area contributed by atoms with Gasteiger partial charge in [-0.3, -0.25) is 9.59 Å². The largest absolute Gasteiger partial charge is 0.459 e. The summed E-state index contributed by atoms with van der Waals surface area (Å²) in [5.74, 6) is 0.100. The molecule has 0 bridgehead atoms. The van der Waals surface area contributed by atoms with Crippen LogP contribution in [0.4, 0.5) is 0 Å². The van der Waals surface area contributed by atoms with Gasteiger partial charge in [0, 0.05) is 18.1 Å². The van der Waals surface area contributed by atoms with Crippen LogP contribution in [0.5, 0.6) is 5.75 Å². The predicted octanol–water partition coefficient (Wildman–Crippen LogP) is 4.15. The van der Waals surface area contributed by atoms with Crippen LogP contribution in [0.25, 0.3) is 0 Å². The fourth-order valence-electron chi connectivity index (χ4n) is 2.62. The molecule has 0 radical (unpaired) electrons. The highest BCUT2D eigenvalue weighted by atomic mass is 79.9. The minimum absolute atomic E-state index is 0.146. The minimum Gasteiger partial charge on any atom is -0.459 e. The molecule has 2 aromatic rings. The van der Waals surface area contributed by atoms with E-state index in [9.17, 15) is 9.59 Å². The Bertz CT molecular complexity index is 739. The van der Waals surface area contributed by atoms with Gasteiger partial charge in [-0.2, -0.15) is 0 Å². The Morgan fingerprint density at radius 1 is 1.25 bits per heavy atom. The minimum atomic E-state index is -0.289. The summed E-state index contributed by atoms with van der Waals surface area (Å²) in [4.78, 5) is 26.2. The van der Waals surface area contributed by atoms with Crippen LogP contribution >= 0.6 is 27.5 Å². The molecule has 0 spiro atoms. The molecule has 3 rings (SSSR count). The summed E-state index contributed by atoms with van der Waals surface area (Å²) in [5, 5.41) is 0.562. The monoisotopic (exact) mass is 411 g/mol. The third kappa shape index (κ3) is 3.82. The topological polar surface area (TPSA) is 59.8 Å². The molecule has 1 amide bonds. The van der Waals surface area contributed by atoms with E-state index in [4.69, 9.17) is 20.8 Å². The first-order chi connectivity index (χ1) is 11.5. The summed E-state index contributed by atoms with van der Waals surface area (Å²) >= 11 is 9.20. The number of nitrogens with zero attached hydrogens (tertiary/aromatic N) is 1. The van der Waals surface area contributed by atoms with Crippen LogP contribution in [0.1, 0.15) is 23.4 Å². The van der Waals surface area contributed by atoms with Crippen molar-refractivity contribution < 1.29 is 18.7 Å². The molecule has 5 nitrogen and oxygen atoms in total. The third-order valence-corrected chi connectivity index (χ3v) is 4.81. The Kier molecular flexibility index (Phi) is 5.26. The van der Waals surface area contributed by atoms with Gasteiger partial charge in [-0.05, 0) is 59.1 Å². The Hall–Kier alpha value is -1.79. The highest BCUT2D eigenvalue weighted by Crippen LogP contribution is 2.30. The van der Waals surface area contributed by atoms with Crippen LogP contribution in [0.15, 0.2) is 45.5 Å². The zero-order valence-electron chi connectivity index (χ0n) is 12.7. The van der Waals surface area contributed by atoms with Crippen molar-refractivity contribution in [2.75, 3.05) is 13.1 Å². The number of hydrogen-bond donors (Lipinski definition) is 0. The van der Waals surface area contributed by atoms with Gasteiger partial charge < -0.3 is 14.1 Å². The zero-order chi connectivity index (χ0) is 17.1. The Labute approximate surface area is 152 Å². The molecule has 1 aromatic heterocycles. The van der Waals surface area contributed by atoms with Crippen molar-refractivity contribution in [3.05, 3.63) is 51.9 Å². The van der Waals surface area contributed by atoms with Gasteiger partial charge in [0.05, 0.1) is 16.7 Å². The number of rotatable bonds is 3. The van der Waals surface area contributed by atoms with Crippen molar-refractivity contribution in [3.63, 3.8) is 0 Å². The fraction of sp³-hybridized carbons (Fsp3) is 0.294. The number of benzene rings is 1. The van der Waals surface area contributed by atoms with Crippen LogP contribution in [-0.4, -0.2) is 29.9 Å². The van der Waals surface area contributed by atoms with Gasteiger partial charge in [0.1, 0.15) is 5.75 Å². The molecule has 24 heavy (non-hydrogen) atoms. The van der Waals surface area contributed by atoms with Crippen molar-refractivity contribution in [1.82, 2.24) is 4.90 Å². The van der Waals surface area contributed by atoms with Crippen LogP contribution in [0, 0.1) is 5.92 Å². The molecular weight excluding hydrogens is 398 g/mol. The number of furan rings is 1. The molecule has 1 fully saturated rings. The Morgan fingerprint density at radius 2 is 2.00 bits per heavy atom. The number of esters is 1. The number of carbonyl (C=O) groups excluding carboxylic acids is 2. The maximum atomic E-state index is 12.3. The second-order valence-corrected chi connectivity index (χ2v) is 6.83. The molecule has 0 N–H and O–H groups in total. The standard InChI is InChI=1S/C17H15BrClNO4/c18-13-10-12(19)3-4-14(13)24-17(22)11-5-7-20(8-6-11)16(21)15-2-1-9-23-15/h1-4,9-11H,5-8H2. The van der Waals surface area contributed by atoms with Crippen LogP contribution in [-0.2, 0) is 4.79 Å². The van der Waals surface area contributed by atoms with Gasteiger partial charge in [0.25, 0.3) is 5.91 Å². The van der Waals surface area contributed by atoms with E-state index in [1.54, 1.807) is 35.2 Å². The van der Waals surface area contributed by atoms with Gasteiger partial charge in [0.2, 0.25) is 0 Å². The summed E-state index contributed by atoms with van der Waals surface area (Å²) in [5.41, 5.74) is 0. The molecule has 0 unspecified atom stereocenters. The van der Waals surface area contributed by atoms with E-state index in [0.717, 1.165) is 0 Å². The molecule has 7 heteroatoms. The lowest BCUT2D eigenvalue weighted by molar-refractivity contribution is -0.140. The number of halogens is 2. The molecule has 2 heterocycles. The zero-order valence-corrected chi connectivity index (χ0v) is 15.0. The van der Waals surface area contributed by atoms with E-state index >= 15 is 0 Å². The third-order valence-electron chi connectivity index (χ3n) is 3.95. The van der Waals surface area contributed by atoms with E-state index in [1.807, 2.05) is 0 Å². The first kappa shape index (κ1) is 17.0. The van der Waals surface area contributed by atoms with E-state index < -0.39 is 0 Å². The van der Waals surface area contributed by atoms with E-state index in [0.29, 0.717) is 46.9 Å². The number of likely N-dealkylation sites (tertiary alicyclic amines) is 1.